The van der Waals surface area contributed by atoms with Gasteiger partial charge in [0.1, 0.15) is 22.9 Å². The van der Waals surface area contributed by atoms with Gasteiger partial charge in [0, 0.05) is 50.2 Å². The quantitative estimate of drug-likeness (QED) is 0.490. The summed E-state index contributed by atoms with van der Waals surface area (Å²) in [4.78, 5) is 29.2. The first kappa shape index (κ1) is 26.1. The van der Waals surface area contributed by atoms with Gasteiger partial charge in [-0.2, -0.15) is 4.98 Å². The Labute approximate surface area is 224 Å². The Hall–Kier alpha value is -3.50. The van der Waals surface area contributed by atoms with Gasteiger partial charge >= 0.3 is 0 Å². The number of rotatable bonds is 5. The number of hydrogen-bond acceptors (Lipinski definition) is 7. The van der Waals surface area contributed by atoms with E-state index in [1.54, 1.807) is 4.90 Å². The number of phenolic OH excluding ortho intramolecular Hbond substituents is 1. The number of likely N-dealkylation sites (N-methyl/N-ethyl adjacent to an activating group) is 1. The van der Waals surface area contributed by atoms with Crippen LogP contribution in [-0.4, -0.2) is 89.7 Å². The van der Waals surface area contributed by atoms with E-state index < -0.39 is 17.4 Å². The van der Waals surface area contributed by atoms with Crippen LogP contribution in [0.5, 0.6) is 5.75 Å². The fraction of sp³-hybridized carbons (Fsp3) is 0.370. The lowest BCUT2D eigenvalue weighted by atomic mass is 9.91. The molecule has 1 amide bonds. The number of hydrogen-bond donors (Lipinski definition) is 1. The zero-order valence-electron chi connectivity index (χ0n) is 21.5. The molecular weight excluding hydrogens is 514 g/mol. The van der Waals surface area contributed by atoms with Gasteiger partial charge in [-0.05, 0) is 45.3 Å². The Morgan fingerprint density at radius 2 is 1.82 bits per heavy atom. The van der Waals surface area contributed by atoms with Crippen LogP contribution in [0.25, 0.3) is 22.0 Å². The molecule has 1 aromatic heterocycles. The molecule has 2 aliphatic heterocycles. The maximum atomic E-state index is 16.2. The molecule has 2 aliphatic rings. The highest BCUT2D eigenvalue weighted by atomic mass is 35.5. The molecule has 0 unspecified atom stereocenters. The fourth-order valence-corrected chi connectivity index (χ4v) is 5.29. The number of phenols is 1. The van der Waals surface area contributed by atoms with Crippen LogP contribution >= 0.6 is 11.6 Å². The van der Waals surface area contributed by atoms with E-state index >= 15 is 4.39 Å². The highest BCUT2D eigenvalue weighted by molar-refractivity contribution is 6.34. The van der Waals surface area contributed by atoms with Gasteiger partial charge in [-0.3, -0.25) is 4.79 Å². The highest BCUT2D eigenvalue weighted by Gasteiger charge is 2.42. The molecule has 8 nitrogen and oxygen atoms in total. The minimum Gasteiger partial charge on any atom is -0.507 e. The number of fused-ring (bicyclic) bond motifs is 1. The largest absolute Gasteiger partial charge is 0.507 e. The second-order valence-corrected chi connectivity index (χ2v) is 10.6. The summed E-state index contributed by atoms with van der Waals surface area (Å²) in [6, 6.07) is 5.27. The summed E-state index contributed by atoms with van der Waals surface area (Å²) in [5, 5.41) is 10.7. The van der Waals surface area contributed by atoms with Gasteiger partial charge in [-0.15, -0.1) is 0 Å². The number of carbonyl (C=O) groups is 1. The zero-order valence-corrected chi connectivity index (χ0v) is 22.3. The standard InChI is InChI=1S/C27H29ClF2N6O2/c1-5-20(38)34-9-11-35(12-10-34)25-16-13-17(28)21(22-18(29)7-6-8-19(22)37)23(30)24(16)31-26(32-25)36-14-27(2,15-36)33(3)4/h5-8,13,37H,1,9-12,14-15H2,2-4H3. The van der Waals surface area contributed by atoms with E-state index in [1.807, 2.05) is 23.9 Å². The molecule has 0 radical (unpaired) electrons. The third-order valence-electron chi connectivity index (χ3n) is 7.58. The van der Waals surface area contributed by atoms with E-state index in [-0.39, 0.29) is 33.1 Å². The van der Waals surface area contributed by atoms with E-state index in [1.165, 1.54) is 24.3 Å². The lowest BCUT2D eigenvalue weighted by Gasteiger charge is -2.52. The van der Waals surface area contributed by atoms with Crippen LogP contribution in [0.15, 0.2) is 36.9 Å². The predicted octanol–water partition coefficient (Wildman–Crippen LogP) is 3.91. The average Bonchev–Trinajstić information content (AvgIpc) is 2.87. The molecule has 200 valence electrons. The van der Waals surface area contributed by atoms with Crippen molar-refractivity contribution < 1.29 is 18.7 Å². The molecule has 2 aromatic carbocycles. The van der Waals surface area contributed by atoms with Crippen molar-refractivity contribution in [2.75, 3.05) is 63.2 Å². The first-order chi connectivity index (χ1) is 18.0. The first-order valence-corrected chi connectivity index (χ1v) is 12.7. The number of halogens is 3. The second-order valence-electron chi connectivity index (χ2n) is 10.2. The van der Waals surface area contributed by atoms with Crippen LogP contribution in [0, 0.1) is 11.6 Å². The number of anilines is 2. The van der Waals surface area contributed by atoms with Crippen molar-refractivity contribution in [1.29, 1.82) is 0 Å². The van der Waals surface area contributed by atoms with Crippen LogP contribution in [0.2, 0.25) is 5.02 Å². The first-order valence-electron chi connectivity index (χ1n) is 12.3. The minimum absolute atomic E-state index is 0.0184. The molecule has 3 aromatic rings. The zero-order chi connectivity index (χ0) is 27.4. The number of aromatic nitrogens is 2. The van der Waals surface area contributed by atoms with E-state index in [9.17, 15) is 14.3 Å². The van der Waals surface area contributed by atoms with Crippen LogP contribution in [0.3, 0.4) is 0 Å². The van der Waals surface area contributed by atoms with Gasteiger partial charge in [0.2, 0.25) is 11.9 Å². The summed E-state index contributed by atoms with van der Waals surface area (Å²) in [6.07, 6.45) is 1.29. The lowest BCUT2D eigenvalue weighted by Crippen LogP contribution is -2.67. The summed E-state index contributed by atoms with van der Waals surface area (Å²) >= 11 is 6.52. The molecule has 3 heterocycles. The number of benzene rings is 2. The van der Waals surface area contributed by atoms with E-state index in [0.717, 1.165) is 6.07 Å². The SMILES string of the molecule is C=CC(=O)N1CCN(c2nc(N3CC(C)(N(C)C)C3)nc3c(F)c(-c4c(O)cccc4F)c(Cl)cc23)CC1. The number of aromatic hydroxyl groups is 1. The maximum absolute atomic E-state index is 16.2. The third-order valence-corrected chi connectivity index (χ3v) is 7.88. The Morgan fingerprint density at radius 1 is 1.13 bits per heavy atom. The summed E-state index contributed by atoms with van der Waals surface area (Å²) < 4.78 is 31.0. The normalized spacial score (nSPS) is 17.2. The molecule has 11 heteroatoms. The van der Waals surface area contributed by atoms with Gasteiger partial charge in [0.25, 0.3) is 0 Å². The Morgan fingerprint density at radius 3 is 2.42 bits per heavy atom. The van der Waals surface area contributed by atoms with Crippen LogP contribution < -0.4 is 9.80 Å². The Balaban J connectivity index is 1.65. The Kier molecular flexibility index (Phi) is 6.65. The number of piperazine rings is 1. The van der Waals surface area contributed by atoms with Crippen LogP contribution in [-0.2, 0) is 4.79 Å². The van der Waals surface area contributed by atoms with Crippen molar-refractivity contribution >= 4 is 40.2 Å². The molecule has 1 N–H and O–H groups in total. The third kappa shape index (κ3) is 4.31. The molecule has 0 atom stereocenters. The summed E-state index contributed by atoms with van der Waals surface area (Å²) in [5.74, 6) is -1.38. The number of amides is 1. The van der Waals surface area contributed by atoms with Crippen LogP contribution in [0.1, 0.15) is 6.92 Å². The summed E-state index contributed by atoms with van der Waals surface area (Å²) in [6.45, 7) is 8.80. The summed E-state index contributed by atoms with van der Waals surface area (Å²) in [5.41, 5.74) is -0.680. The maximum Gasteiger partial charge on any atom is 0.246 e. The second kappa shape index (κ2) is 9.67. The molecule has 0 spiro atoms. The molecule has 2 fully saturated rings. The van der Waals surface area contributed by atoms with Crippen LogP contribution in [0.4, 0.5) is 20.5 Å². The van der Waals surface area contributed by atoms with Crippen molar-refractivity contribution in [3.63, 3.8) is 0 Å². The smallest absolute Gasteiger partial charge is 0.246 e. The number of nitrogens with zero attached hydrogens (tertiary/aromatic N) is 6. The van der Waals surface area contributed by atoms with E-state index in [4.69, 9.17) is 16.6 Å². The summed E-state index contributed by atoms with van der Waals surface area (Å²) in [7, 11) is 4.01. The van der Waals surface area contributed by atoms with Crippen molar-refractivity contribution in [1.82, 2.24) is 19.8 Å². The lowest BCUT2D eigenvalue weighted by molar-refractivity contribution is -0.126. The average molecular weight is 543 g/mol. The van der Waals surface area contributed by atoms with Gasteiger partial charge < -0.3 is 24.7 Å². The molecule has 38 heavy (non-hydrogen) atoms. The number of carbonyl (C=O) groups excluding carboxylic acids is 1. The van der Waals surface area contributed by atoms with Gasteiger partial charge in [0.05, 0.1) is 16.1 Å². The molecule has 0 saturated carbocycles. The molecule has 0 aliphatic carbocycles. The highest BCUT2D eigenvalue weighted by Crippen LogP contribution is 2.43. The van der Waals surface area contributed by atoms with Crippen molar-refractivity contribution in [3.8, 4) is 16.9 Å². The van der Waals surface area contributed by atoms with Crippen molar-refractivity contribution in [2.24, 2.45) is 0 Å². The van der Waals surface area contributed by atoms with Gasteiger partial charge in [-0.25, -0.2) is 13.8 Å². The predicted molar refractivity (Wildman–Crippen MR) is 145 cm³/mol. The minimum atomic E-state index is -0.839. The van der Waals surface area contributed by atoms with Crippen molar-refractivity contribution in [3.05, 3.63) is 53.6 Å². The van der Waals surface area contributed by atoms with Gasteiger partial charge in [0.15, 0.2) is 5.82 Å². The molecular formula is C27H29ClF2N6O2. The molecule has 5 rings (SSSR count). The topological polar surface area (TPSA) is 76.0 Å². The van der Waals surface area contributed by atoms with E-state index in [0.29, 0.717) is 56.4 Å². The Bertz CT molecular complexity index is 1410. The van der Waals surface area contributed by atoms with Gasteiger partial charge in [-0.1, -0.05) is 24.2 Å². The van der Waals surface area contributed by atoms with Crippen molar-refractivity contribution in [2.45, 2.75) is 12.5 Å². The van der Waals surface area contributed by atoms with E-state index in [2.05, 4.69) is 23.4 Å². The monoisotopic (exact) mass is 542 g/mol. The molecule has 2 saturated heterocycles. The fourth-order valence-electron chi connectivity index (χ4n) is 5.01. The molecule has 0 bridgehead atoms.